The Balaban J connectivity index is 0.00000231. The third-order valence-corrected chi connectivity index (χ3v) is 5.83. The lowest BCUT2D eigenvalue weighted by molar-refractivity contribution is 0.0685. The van der Waals surface area contributed by atoms with E-state index in [2.05, 4.69) is 15.6 Å². The summed E-state index contributed by atoms with van der Waals surface area (Å²) in [6.45, 7) is 0.824. The van der Waals surface area contributed by atoms with Gasteiger partial charge in [0.1, 0.15) is 17.3 Å². The fraction of sp³-hybridized carbons (Fsp3) is 0.238. The molecule has 1 saturated heterocycles. The second-order valence-electron chi connectivity index (χ2n) is 7.65. The molecule has 3 heterocycles. The summed E-state index contributed by atoms with van der Waals surface area (Å²) < 4.78 is 14.1. The number of carbonyl (C=O) groups is 3. The van der Waals surface area contributed by atoms with Crippen LogP contribution in [0.1, 0.15) is 49.5 Å². The summed E-state index contributed by atoms with van der Waals surface area (Å²) in [6, 6.07) is 9.21. The van der Waals surface area contributed by atoms with Crippen LogP contribution in [0.5, 0.6) is 0 Å². The lowest BCUT2D eigenvalue weighted by Gasteiger charge is -2.42. The maximum Gasteiger partial charge on any atom is 0.258 e. The van der Waals surface area contributed by atoms with E-state index in [-0.39, 0.29) is 40.8 Å². The number of nitrogens with zero attached hydrogens (tertiary/aromatic N) is 2. The minimum Gasteiger partial charge on any atom is -0.383 e. The van der Waals surface area contributed by atoms with Gasteiger partial charge in [-0.3, -0.25) is 19.7 Å². The number of aliphatic imine (C=N–C) groups is 1. The molecule has 2 aromatic rings. The molecule has 0 bridgehead atoms. The van der Waals surface area contributed by atoms with E-state index in [0.29, 0.717) is 37.2 Å². The van der Waals surface area contributed by atoms with E-state index >= 15 is 0 Å². The molecule has 4 N–H and O–H groups in total. The van der Waals surface area contributed by atoms with E-state index in [1.807, 2.05) is 0 Å². The van der Waals surface area contributed by atoms with Crippen molar-refractivity contribution in [2.45, 2.75) is 18.5 Å². The number of rotatable bonds is 1. The Bertz CT molecular complexity index is 1160. The first-order chi connectivity index (χ1) is 14.4. The summed E-state index contributed by atoms with van der Waals surface area (Å²) in [7, 11) is 0. The highest BCUT2D eigenvalue weighted by Gasteiger charge is 2.40. The Morgan fingerprint density at radius 2 is 1.81 bits per heavy atom. The predicted molar refractivity (Wildman–Crippen MR) is 114 cm³/mol. The number of nitrogens with one attached hydrogen (secondary N) is 2. The number of amidine groups is 1. The molecule has 3 aliphatic rings. The standard InChI is InChI=1S/C21H18FN5O3.ClH/c22-14-2-1-3-15-16(14)17(23)26-21(25-15)6-8-27(9-7-21)20(30)11-4-5-12-13(10-11)19(29)24-18(12)28;/h1-5,10,25H,6-9H2,(H2,23,26)(H,24,28,29);1H. The zero-order valence-electron chi connectivity index (χ0n) is 16.3. The van der Waals surface area contributed by atoms with Crippen molar-refractivity contribution in [2.75, 3.05) is 18.4 Å². The summed E-state index contributed by atoms with van der Waals surface area (Å²) in [6.07, 6.45) is 0.999. The molecule has 0 aliphatic carbocycles. The van der Waals surface area contributed by atoms with Crippen LogP contribution in [0.3, 0.4) is 0 Å². The van der Waals surface area contributed by atoms with Crippen LogP contribution in [-0.2, 0) is 0 Å². The maximum atomic E-state index is 14.1. The molecule has 8 nitrogen and oxygen atoms in total. The summed E-state index contributed by atoms with van der Waals surface area (Å²) in [5.41, 5.74) is 7.05. The molecular weight excluding hydrogens is 425 g/mol. The van der Waals surface area contributed by atoms with Gasteiger partial charge in [0.25, 0.3) is 17.7 Å². The number of amides is 3. The number of fused-ring (bicyclic) bond motifs is 2. The molecule has 3 amide bonds. The molecule has 0 atom stereocenters. The highest BCUT2D eigenvalue weighted by Crippen LogP contribution is 2.35. The van der Waals surface area contributed by atoms with Gasteiger partial charge in [-0.1, -0.05) is 6.07 Å². The average molecular weight is 444 g/mol. The van der Waals surface area contributed by atoms with Gasteiger partial charge >= 0.3 is 0 Å². The van der Waals surface area contributed by atoms with Crippen LogP contribution in [0.25, 0.3) is 0 Å². The molecule has 31 heavy (non-hydrogen) atoms. The highest BCUT2D eigenvalue weighted by atomic mass is 35.5. The van der Waals surface area contributed by atoms with Gasteiger partial charge < -0.3 is 16.0 Å². The highest BCUT2D eigenvalue weighted by molar-refractivity contribution is 6.22. The Hall–Kier alpha value is -3.46. The van der Waals surface area contributed by atoms with Crippen molar-refractivity contribution in [2.24, 2.45) is 10.7 Å². The lowest BCUT2D eigenvalue weighted by Crippen LogP contribution is -2.52. The normalized spacial score (nSPS) is 18.4. The van der Waals surface area contributed by atoms with E-state index in [9.17, 15) is 18.8 Å². The van der Waals surface area contributed by atoms with Gasteiger partial charge in [0.2, 0.25) is 0 Å². The molecule has 10 heteroatoms. The number of hydrogen-bond acceptors (Lipinski definition) is 6. The number of hydrogen-bond donors (Lipinski definition) is 3. The van der Waals surface area contributed by atoms with Crippen LogP contribution in [0.4, 0.5) is 10.1 Å². The van der Waals surface area contributed by atoms with Gasteiger partial charge in [-0.05, 0) is 30.3 Å². The third-order valence-electron chi connectivity index (χ3n) is 5.83. The molecule has 0 unspecified atom stereocenters. The fourth-order valence-corrected chi connectivity index (χ4v) is 4.25. The number of benzene rings is 2. The van der Waals surface area contributed by atoms with E-state index < -0.39 is 23.3 Å². The summed E-state index contributed by atoms with van der Waals surface area (Å²) in [4.78, 5) is 42.7. The maximum absolute atomic E-state index is 14.1. The first-order valence-corrected chi connectivity index (χ1v) is 9.58. The molecule has 1 spiro atoms. The van der Waals surface area contributed by atoms with E-state index in [0.717, 1.165) is 0 Å². The molecule has 2 aromatic carbocycles. The second kappa shape index (κ2) is 7.35. The van der Waals surface area contributed by atoms with Crippen molar-refractivity contribution in [3.63, 3.8) is 0 Å². The fourth-order valence-electron chi connectivity index (χ4n) is 4.25. The van der Waals surface area contributed by atoms with Crippen LogP contribution in [0.15, 0.2) is 41.4 Å². The summed E-state index contributed by atoms with van der Waals surface area (Å²) in [5, 5.41) is 5.51. The van der Waals surface area contributed by atoms with Crippen LogP contribution in [0.2, 0.25) is 0 Å². The topological polar surface area (TPSA) is 117 Å². The first kappa shape index (κ1) is 20.8. The number of halogens is 2. The van der Waals surface area contributed by atoms with Crippen LogP contribution < -0.4 is 16.4 Å². The monoisotopic (exact) mass is 443 g/mol. The Morgan fingerprint density at radius 3 is 2.55 bits per heavy atom. The molecule has 160 valence electrons. The van der Waals surface area contributed by atoms with Crippen LogP contribution >= 0.6 is 12.4 Å². The molecule has 5 rings (SSSR count). The SMILES string of the molecule is Cl.NC1=NC2(CCN(C(=O)c3ccc4c(c3)C(=O)NC4=O)CC2)Nc2cccc(F)c21. The molecule has 1 fully saturated rings. The average Bonchev–Trinajstić information content (AvgIpc) is 3.01. The van der Waals surface area contributed by atoms with E-state index in [1.54, 1.807) is 23.1 Å². The van der Waals surface area contributed by atoms with Crippen LogP contribution in [-0.4, -0.2) is 47.2 Å². The quantitative estimate of drug-likeness (QED) is 0.582. The number of anilines is 1. The second-order valence-corrected chi connectivity index (χ2v) is 7.65. The van der Waals surface area contributed by atoms with Crippen molar-refractivity contribution in [1.29, 1.82) is 0 Å². The van der Waals surface area contributed by atoms with Gasteiger partial charge in [0, 0.05) is 37.2 Å². The molecule has 0 radical (unpaired) electrons. The number of carbonyl (C=O) groups excluding carboxylic acids is 3. The van der Waals surface area contributed by atoms with Crippen molar-refractivity contribution >= 4 is 41.7 Å². The molecular formula is C21H19ClFN5O3. The third kappa shape index (κ3) is 3.31. The Morgan fingerprint density at radius 1 is 1.10 bits per heavy atom. The van der Waals surface area contributed by atoms with Gasteiger partial charge in [-0.15, -0.1) is 12.4 Å². The number of nitrogens with two attached hydrogens (primary N) is 1. The zero-order chi connectivity index (χ0) is 21.0. The van der Waals surface area contributed by atoms with Crippen molar-refractivity contribution in [3.8, 4) is 0 Å². The van der Waals surface area contributed by atoms with Gasteiger partial charge in [-0.25, -0.2) is 9.38 Å². The Labute approximate surface area is 183 Å². The smallest absolute Gasteiger partial charge is 0.258 e. The lowest BCUT2D eigenvalue weighted by atomic mass is 9.93. The number of imide groups is 1. The van der Waals surface area contributed by atoms with Crippen molar-refractivity contribution in [3.05, 3.63) is 64.5 Å². The minimum absolute atomic E-state index is 0. The van der Waals surface area contributed by atoms with Crippen LogP contribution in [0, 0.1) is 5.82 Å². The van der Waals surface area contributed by atoms with E-state index in [1.165, 1.54) is 18.2 Å². The summed E-state index contributed by atoms with van der Waals surface area (Å²) in [5.74, 6) is -1.45. The van der Waals surface area contributed by atoms with Gasteiger partial charge in [0.05, 0.1) is 16.7 Å². The molecule has 0 saturated carbocycles. The number of piperidine rings is 1. The number of likely N-dealkylation sites (tertiary alicyclic amines) is 1. The van der Waals surface area contributed by atoms with Gasteiger partial charge in [0.15, 0.2) is 0 Å². The Kier molecular flexibility index (Phi) is 4.93. The van der Waals surface area contributed by atoms with Crippen molar-refractivity contribution in [1.82, 2.24) is 10.2 Å². The van der Waals surface area contributed by atoms with Crippen molar-refractivity contribution < 1.29 is 18.8 Å². The molecule has 0 aromatic heterocycles. The zero-order valence-corrected chi connectivity index (χ0v) is 17.1. The first-order valence-electron chi connectivity index (χ1n) is 9.58. The largest absolute Gasteiger partial charge is 0.383 e. The molecule has 3 aliphatic heterocycles. The minimum atomic E-state index is -0.689. The summed E-state index contributed by atoms with van der Waals surface area (Å²) >= 11 is 0. The predicted octanol–water partition coefficient (Wildman–Crippen LogP) is 1.89. The van der Waals surface area contributed by atoms with Gasteiger partial charge in [-0.2, -0.15) is 0 Å². The van der Waals surface area contributed by atoms with E-state index in [4.69, 9.17) is 5.73 Å².